The lowest BCUT2D eigenvalue weighted by Crippen LogP contribution is -2.47. The fourth-order valence-corrected chi connectivity index (χ4v) is 6.31. The van der Waals surface area contributed by atoms with E-state index in [4.69, 9.17) is 0 Å². The summed E-state index contributed by atoms with van der Waals surface area (Å²) in [6, 6.07) is 7.65. The normalized spacial score (nSPS) is 22.1. The molecular weight excluding hydrogens is 388 g/mol. The first-order chi connectivity index (χ1) is 13.8. The summed E-state index contributed by atoms with van der Waals surface area (Å²) >= 11 is 0. The average molecular weight is 413 g/mol. The molecule has 2 aliphatic heterocycles. The van der Waals surface area contributed by atoms with Crippen molar-refractivity contribution in [3.8, 4) is 0 Å². The lowest BCUT2D eigenvalue weighted by molar-refractivity contribution is 0.237. The number of anilines is 1. The van der Waals surface area contributed by atoms with Gasteiger partial charge < -0.3 is 4.90 Å². The molecule has 2 atom stereocenters. The molecule has 0 saturated carbocycles. The van der Waals surface area contributed by atoms with Crippen LogP contribution in [0.15, 0.2) is 29.4 Å². The zero-order chi connectivity index (χ0) is 20.5. The lowest BCUT2D eigenvalue weighted by atomic mass is 9.89. The van der Waals surface area contributed by atoms with Crippen LogP contribution in [0.3, 0.4) is 0 Å². The van der Waals surface area contributed by atoms with E-state index in [0.29, 0.717) is 11.5 Å². The van der Waals surface area contributed by atoms with Gasteiger partial charge in [-0.1, -0.05) is 17.7 Å². The minimum Gasteiger partial charge on any atom is -0.306 e. The molecule has 2 aromatic heterocycles. The molecule has 4 heterocycles. The highest BCUT2D eigenvalue weighted by Gasteiger charge is 2.47. The van der Waals surface area contributed by atoms with E-state index in [1.165, 1.54) is 4.52 Å². The van der Waals surface area contributed by atoms with E-state index in [1.807, 2.05) is 26.0 Å². The standard InChI is InChI=1S/C20H24N6O2S/c1-12-5-6-17-15(9-12)16-11-24(4)8-7-18(16)26(17)29(27,28)20-22-19-10-13(2)21-14(3)25(19)23-20/h5-6,9-10,16,18H,7-8,11H2,1-4H3. The molecule has 29 heavy (non-hydrogen) atoms. The molecule has 0 amide bonds. The van der Waals surface area contributed by atoms with Gasteiger partial charge >= 0.3 is 10.0 Å². The van der Waals surface area contributed by atoms with E-state index in [1.54, 1.807) is 17.3 Å². The summed E-state index contributed by atoms with van der Waals surface area (Å²) in [4.78, 5) is 11.0. The Morgan fingerprint density at radius 3 is 2.69 bits per heavy atom. The molecule has 152 valence electrons. The second-order valence-corrected chi connectivity index (χ2v) is 9.91. The molecule has 9 heteroatoms. The number of aromatic nitrogens is 4. The second kappa shape index (κ2) is 6.24. The van der Waals surface area contributed by atoms with Crippen LogP contribution in [0, 0.1) is 20.8 Å². The van der Waals surface area contributed by atoms with Crippen LogP contribution >= 0.6 is 0 Å². The molecule has 5 rings (SSSR count). The number of likely N-dealkylation sites (N-methyl/N-ethyl adjacent to an activating group) is 1. The van der Waals surface area contributed by atoms with E-state index in [2.05, 4.69) is 33.1 Å². The van der Waals surface area contributed by atoms with Crippen molar-refractivity contribution < 1.29 is 8.42 Å². The topological polar surface area (TPSA) is 83.7 Å². The highest BCUT2D eigenvalue weighted by molar-refractivity contribution is 7.92. The van der Waals surface area contributed by atoms with Crippen LogP contribution in [0.1, 0.15) is 35.0 Å². The fraction of sp³-hybridized carbons (Fsp3) is 0.450. The minimum atomic E-state index is -3.90. The quantitative estimate of drug-likeness (QED) is 0.641. The Balaban J connectivity index is 1.67. The lowest BCUT2D eigenvalue weighted by Gasteiger charge is -2.36. The van der Waals surface area contributed by atoms with Gasteiger partial charge in [-0.05, 0) is 52.4 Å². The summed E-state index contributed by atoms with van der Waals surface area (Å²) in [7, 11) is -1.81. The molecule has 0 radical (unpaired) electrons. The number of benzene rings is 1. The van der Waals surface area contributed by atoms with Crippen LogP contribution in [-0.2, 0) is 10.0 Å². The van der Waals surface area contributed by atoms with Crippen molar-refractivity contribution in [3.63, 3.8) is 0 Å². The Morgan fingerprint density at radius 2 is 1.90 bits per heavy atom. The molecular formula is C20H24N6O2S. The largest absolute Gasteiger partial charge is 0.306 e. The third-order valence-corrected chi connectivity index (χ3v) is 7.61. The van der Waals surface area contributed by atoms with E-state index >= 15 is 0 Å². The maximum Gasteiger partial charge on any atom is 0.302 e. The first-order valence-electron chi connectivity index (χ1n) is 9.80. The number of nitrogens with zero attached hydrogens (tertiary/aromatic N) is 6. The predicted octanol–water partition coefficient (Wildman–Crippen LogP) is 2.05. The molecule has 2 aliphatic rings. The number of piperidine rings is 1. The van der Waals surface area contributed by atoms with Gasteiger partial charge in [0.25, 0.3) is 5.16 Å². The zero-order valence-corrected chi connectivity index (χ0v) is 17.8. The summed E-state index contributed by atoms with van der Waals surface area (Å²) < 4.78 is 30.5. The average Bonchev–Trinajstić information content (AvgIpc) is 3.21. The molecule has 1 saturated heterocycles. The van der Waals surface area contributed by atoms with Gasteiger partial charge in [0.15, 0.2) is 5.65 Å². The molecule has 3 aromatic rings. The maximum absolute atomic E-state index is 13.7. The predicted molar refractivity (Wildman–Crippen MR) is 110 cm³/mol. The summed E-state index contributed by atoms with van der Waals surface area (Å²) in [5.74, 6) is 0.768. The fourth-order valence-electron chi connectivity index (χ4n) is 4.70. The summed E-state index contributed by atoms with van der Waals surface area (Å²) in [5.41, 5.74) is 4.27. The second-order valence-electron chi connectivity index (χ2n) is 8.20. The monoisotopic (exact) mass is 412 g/mol. The minimum absolute atomic E-state index is 0.111. The molecule has 1 aromatic carbocycles. The van der Waals surface area contributed by atoms with Crippen LogP contribution in [0.4, 0.5) is 5.69 Å². The van der Waals surface area contributed by atoms with Crippen molar-refractivity contribution in [1.82, 2.24) is 24.5 Å². The number of rotatable bonds is 2. The Morgan fingerprint density at radius 1 is 1.10 bits per heavy atom. The van der Waals surface area contributed by atoms with Crippen molar-refractivity contribution in [3.05, 3.63) is 46.9 Å². The molecule has 8 nitrogen and oxygen atoms in total. The van der Waals surface area contributed by atoms with Gasteiger partial charge in [-0.25, -0.2) is 4.98 Å². The van der Waals surface area contributed by atoms with Gasteiger partial charge in [0.1, 0.15) is 5.82 Å². The zero-order valence-electron chi connectivity index (χ0n) is 17.0. The van der Waals surface area contributed by atoms with E-state index in [9.17, 15) is 8.42 Å². The van der Waals surface area contributed by atoms with Crippen molar-refractivity contribution in [2.45, 2.75) is 44.3 Å². The van der Waals surface area contributed by atoms with E-state index in [-0.39, 0.29) is 17.1 Å². The van der Waals surface area contributed by atoms with E-state index in [0.717, 1.165) is 42.0 Å². The maximum atomic E-state index is 13.7. The van der Waals surface area contributed by atoms with Gasteiger partial charge in [0, 0.05) is 24.2 Å². The first kappa shape index (κ1) is 18.5. The van der Waals surface area contributed by atoms with Crippen LogP contribution in [0.2, 0.25) is 0 Å². The van der Waals surface area contributed by atoms with Gasteiger partial charge in [-0.15, -0.1) is 5.10 Å². The molecule has 0 spiro atoms. The SMILES string of the molecule is Cc1ccc2c(c1)C1CN(C)CCC1N2S(=O)(=O)c1nc2cc(C)nc(C)n2n1. The third-order valence-electron chi connectivity index (χ3n) is 5.99. The third kappa shape index (κ3) is 2.75. The van der Waals surface area contributed by atoms with Crippen molar-refractivity contribution in [2.24, 2.45) is 0 Å². The highest BCUT2D eigenvalue weighted by Crippen LogP contribution is 2.47. The molecule has 1 fully saturated rings. The number of hydrogen-bond acceptors (Lipinski definition) is 6. The van der Waals surface area contributed by atoms with Gasteiger partial charge in [-0.3, -0.25) is 4.31 Å². The smallest absolute Gasteiger partial charge is 0.302 e. The van der Waals surface area contributed by atoms with Crippen LogP contribution in [0.5, 0.6) is 0 Å². The van der Waals surface area contributed by atoms with Gasteiger partial charge in [-0.2, -0.15) is 17.9 Å². The number of aryl methyl sites for hydroxylation is 3. The molecule has 0 bridgehead atoms. The first-order valence-corrected chi connectivity index (χ1v) is 11.2. The number of fused-ring (bicyclic) bond motifs is 4. The molecule has 2 unspecified atom stereocenters. The van der Waals surface area contributed by atoms with Crippen molar-refractivity contribution in [2.75, 3.05) is 24.4 Å². The van der Waals surface area contributed by atoms with Crippen molar-refractivity contribution in [1.29, 1.82) is 0 Å². The number of sulfonamides is 1. The Kier molecular flexibility index (Phi) is 3.98. The van der Waals surface area contributed by atoms with Crippen LogP contribution in [-0.4, -0.2) is 59.1 Å². The Hall–Kier alpha value is -2.52. The van der Waals surface area contributed by atoms with Crippen molar-refractivity contribution >= 4 is 21.4 Å². The van der Waals surface area contributed by atoms with Crippen LogP contribution in [0.25, 0.3) is 5.65 Å². The molecule has 0 N–H and O–H groups in total. The number of likely N-dealkylation sites (tertiary alicyclic amines) is 1. The van der Waals surface area contributed by atoms with Gasteiger partial charge in [0.05, 0.1) is 11.7 Å². The van der Waals surface area contributed by atoms with E-state index < -0.39 is 10.0 Å². The van der Waals surface area contributed by atoms with Crippen LogP contribution < -0.4 is 4.31 Å². The Labute approximate surface area is 170 Å². The summed E-state index contributed by atoms with van der Waals surface area (Å²) in [6.07, 6.45) is 0.779. The number of hydrogen-bond donors (Lipinski definition) is 0. The summed E-state index contributed by atoms with van der Waals surface area (Å²) in [6.45, 7) is 7.40. The Bertz CT molecular complexity index is 1240. The highest BCUT2D eigenvalue weighted by atomic mass is 32.2. The summed E-state index contributed by atoms with van der Waals surface area (Å²) in [5, 5.41) is 4.15. The van der Waals surface area contributed by atoms with Gasteiger partial charge in [0.2, 0.25) is 0 Å². The molecule has 0 aliphatic carbocycles.